The van der Waals surface area contributed by atoms with Crippen molar-refractivity contribution in [3.63, 3.8) is 0 Å². The number of aryl methyl sites for hydroxylation is 1. The van der Waals surface area contributed by atoms with Crippen molar-refractivity contribution in [2.75, 3.05) is 24.5 Å². The van der Waals surface area contributed by atoms with Gasteiger partial charge in [-0.2, -0.15) is 0 Å². The standard InChI is InChI=1S/C25H32N4S/c1-3-18(19-9-10-19)15-26-21-11-13-29(14-12-21)24-22-17(2)23(20-7-5-4-6-8-20)30-25(22)28-16-27-24/h4-8,16,18-19,21,26H,3,9-15H2,1-2H3. The number of nitrogens with zero attached hydrogens (tertiary/aromatic N) is 3. The van der Waals surface area contributed by atoms with Crippen molar-refractivity contribution in [3.8, 4) is 10.4 Å². The van der Waals surface area contributed by atoms with E-state index in [-0.39, 0.29) is 0 Å². The van der Waals surface area contributed by atoms with E-state index >= 15 is 0 Å². The SMILES string of the molecule is CCC(CNC1CCN(c2ncnc3sc(-c4ccccc4)c(C)c23)CC1)C1CC1. The third-order valence-corrected chi connectivity index (χ3v) is 8.27. The normalized spacial score (nSPS) is 18.8. The smallest absolute Gasteiger partial charge is 0.141 e. The number of hydrogen-bond donors (Lipinski definition) is 1. The van der Waals surface area contributed by atoms with Crippen LogP contribution in [0.1, 0.15) is 44.6 Å². The molecule has 158 valence electrons. The van der Waals surface area contributed by atoms with E-state index < -0.39 is 0 Å². The predicted molar refractivity (Wildman–Crippen MR) is 127 cm³/mol. The third kappa shape index (κ3) is 3.97. The Morgan fingerprint density at radius 2 is 1.87 bits per heavy atom. The summed E-state index contributed by atoms with van der Waals surface area (Å²) in [6.45, 7) is 7.92. The van der Waals surface area contributed by atoms with E-state index in [4.69, 9.17) is 4.98 Å². The number of fused-ring (bicyclic) bond motifs is 1. The molecule has 1 aliphatic carbocycles. The topological polar surface area (TPSA) is 41.0 Å². The second-order valence-corrected chi connectivity index (χ2v) is 9.97. The van der Waals surface area contributed by atoms with E-state index in [9.17, 15) is 0 Å². The summed E-state index contributed by atoms with van der Waals surface area (Å²) in [5.74, 6) is 3.01. The fourth-order valence-corrected chi connectivity index (χ4v) is 6.13. The summed E-state index contributed by atoms with van der Waals surface area (Å²) >= 11 is 1.79. The number of anilines is 1. The number of nitrogens with one attached hydrogen (secondary N) is 1. The summed E-state index contributed by atoms with van der Waals surface area (Å²) in [5.41, 5.74) is 2.58. The maximum atomic E-state index is 4.74. The first-order valence-corrected chi connectivity index (χ1v) is 12.3. The highest BCUT2D eigenvalue weighted by molar-refractivity contribution is 7.22. The van der Waals surface area contributed by atoms with Gasteiger partial charge in [-0.25, -0.2) is 9.97 Å². The highest BCUT2D eigenvalue weighted by Crippen LogP contribution is 2.41. The van der Waals surface area contributed by atoms with E-state index in [0.29, 0.717) is 6.04 Å². The molecule has 3 heterocycles. The van der Waals surface area contributed by atoms with Crippen LogP contribution in [0, 0.1) is 18.8 Å². The fraction of sp³-hybridized carbons (Fsp3) is 0.520. The van der Waals surface area contributed by atoms with Crippen LogP contribution in [0.5, 0.6) is 0 Å². The Bertz CT molecular complexity index is 987. The van der Waals surface area contributed by atoms with Crippen LogP contribution in [0.25, 0.3) is 20.7 Å². The molecule has 30 heavy (non-hydrogen) atoms. The van der Waals surface area contributed by atoms with Crippen LogP contribution < -0.4 is 10.2 Å². The maximum absolute atomic E-state index is 4.74. The second-order valence-electron chi connectivity index (χ2n) is 8.97. The van der Waals surface area contributed by atoms with E-state index in [1.54, 1.807) is 17.7 Å². The van der Waals surface area contributed by atoms with Gasteiger partial charge in [0, 0.05) is 24.0 Å². The average Bonchev–Trinajstić information content (AvgIpc) is 3.58. The molecule has 2 aromatic heterocycles. The molecule has 0 bridgehead atoms. The van der Waals surface area contributed by atoms with Crippen molar-refractivity contribution >= 4 is 27.4 Å². The molecule has 0 spiro atoms. The number of aromatic nitrogens is 2. The first-order valence-electron chi connectivity index (χ1n) is 11.5. The van der Waals surface area contributed by atoms with Gasteiger partial charge in [-0.15, -0.1) is 11.3 Å². The Labute approximate surface area is 183 Å². The zero-order valence-electron chi connectivity index (χ0n) is 18.1. The molecule has 5 rings (SSSR count). The van der Waals surface area contributed by atoms with Gasteiger partial charge in [0.15, 0.2) is 0 Å². The molecule has 1 N–H and O–H groups in total. The molecule has 1 saturated heterocycles. The Morgan fingerprint density at radius 3 is 2.57 bits per heavy atom. The minimum absolute atomic E-state index is 0.648. The van der Waals surface area contributed by atoms with Gasteiger partial charge in [0.25, 0.3) is 0 Å². The van der Waals surface area contributed by atoms with Crippen LogP contribution in [0.4, 0.5) is 5.82 Å². The molecule has 1 aromatic carbocycles. The Morgan fingerprint density at radius 1 is 1.10 bits per heavy atom. The van der Waals surface area contributed by atoms with E-state index in [1.807, 2.05) is 0 Å². The molecule has 2 fully saturated rings. The first-order chi connectivity index (χ1) is 14.7. The zero-order valence-corrected chi connectivity index (χ0v) is 18.9. The van der Waals surface area contributed by atoms with Gasteiger partial charge in [0.1, 0.15) is 17.0 Å². The average molecular weight is 421 g/mol. The second kappa shape index (κ2) is 8.64. The number of benzene rings is 1. The van der Waals surface area contributed by atoms with Gasteiger partial charge in [0.2, 0.25) is 0 Å². The van der Waals surface area contributed by atoms with Crippen LogP contribution in [-0.4, -0.2) is 35.6 Å². The molecule has 1 atom stereocenters. The number of piperidine rings is 1. The minimum Gasteiger partial charge on any atom is -0.356 e. The molecule has 1 unspecified atom stereocenters. The monoisotopic (exact) mass is 420 g/mol. The summed E-state index contributed by atoms with van der Waals surface area (Å²) in [5, 5.41) is 5.13. The third-order valence-electron chi connectivity index (χ3n) is 7.02. The molecule has 5 heteroatoms. The first kappa shape index (κ1) is 20.0. The lowest BCUT2D eigenvalue weighted by Gasteiger charge is -2.34. The lowest BCUT2D eigenvalue weighted by atomic mass is 9.98. The van der Waals surface area contributed by atoms with Crippen LogP contribution in [0.3, 0.4) is 0 Å². The van der Waals surface area contributed by atoms with Gasteiger partial charge in [-0.05, 0) is 62.1 Å². The molecule has 3 aromatic rings. The molecule has 1 aliphatic heterocycles. The zero-order chi connectivity index (χ0) is 20.5. The maximum Gasteiger partial charge on any atom is 0.141 e. The van der Waals surface area contributed by atoms with Gasteiger partial charge < -0.3 is 10.2 Å². The van der Waals surface area contributed by atoms with Crippen molar-refractivity contribution in [2.45, 2.75) is 52.0 Å². The number of rotatable bonds is 7. The van der Waals surface area contributed by atoms with Crippen molar-refractivity contribution in [2.24, 2.45) is 11.8 Å². The highest BCUT2D eigenvalue weighted by Gasteiger charge is 2.30. The van der Waals surface area contributed by atoms with Gasteiger partial charge in [-0.1, -0.05) is 43.7 Å². The van der Waals surface area contributed by atoms with Crippen LogP contribution >= 0.6 is 11.3 Å². The van der Waals surface area contributed by atoms with Crippen LogP contribution in [-0.2, 0) is 0 Å². The Balaban J connectivity index is 1.30. The lowest BCUT2D eigenvalue weighted by molar-refractivity contribution is 0.348. The molecule has 0 amide bonds. The number of thiophene rings is 1. The summed E-state index contributed by atoms with van der Waals surface area (Å²) in [6, 6.07) is 11.3. The lowest BCUT2D eigenvalue weighted by Crippen LogP contribution is -2.44. The minimum atomic E-state index is 0.648. The van der Waals surface area contributed by atoms with Crippen molar-refractivity contribution in [1.82, 2.24) is 15.3 Å². The molecular formula is C25H32N4S. The van der Waals surface area contributed by atoms with Crippen molar-refractivity contribution in [1.29, 1.82) is 0 Å². The number of hydrogen-bond acceptors (Lipinski definition) is 5. The van der Waals surface area contributed by atoms with E-state index in [1.165, 1.54) is 60.0 Å². The summed E-state index contributed by atoms with van der Waals surface area (Å²) in [4.78, 5) is 14.3. The predicted octanol–water partition coefficient (Wildman–Crippen LogP) is 5.66. The summed E-state index contributed by atoms with van der Waals surface area (Å²) < 4.78 is 0. The summed E-state index contributed by atoms with van der Waals surface area (Å²) in [6.07, 6.45) is 8.36. The van der Waals surface area contributed by atoms with Crippen molar-refractivity contribution in [3.05, 3.63) is 42.2 Å². The molecule has 0 radical (unpaired) electrons. The summed E-state index contributed by atoms with van der Waals surface area (Å²) in [7, 11) is 0. The van der Waals surface area contributed by atoms with Crippen molar-refractivity contribution < 1.29 is 0 Å². The van der Waals surface area contributed by atoms with E-state index in [2.05, 4.69) is 59.4 Å². The van der Waals surface area contributed by atoms with Gasteiger partial charge in [-0.3, -0.25) is 0 Å². The van der Waals surface area contributed by atoms with Gasteiger partial charge in [0.05, 0.1) is 5.39 Å². The Kier molecular flexibility index (Phi) is 5.74. The Hall–Kier alpha value is -1.98. The molecule has 2 aliphatic rings. The van der Waals surface area contributed by atoms with Crippen LogP contribution in [0.2, 0.25) is 0 Å². The molecule has 4 nitrogen and oxygen atoms in total. The largest absolute Gasteiger partial charge is 0.356 e. The fourth-order valence-electron chi connectivity index (χ4n) is 4.98. The van der Waals surface area contributed by atoms with Gasteiger partial charge >= 0.3 is 0 Å². The quantitative estimate of drug-likeness (QED) is 0.535. The van der Waals surface area contributed by atoms with Crippen LogP contribution in [0.15, 0.2) is 36.7 Å². The highest BCUT2D eigenvalue weighted by atomic mass is 32.1. The molecular weight excluding hydrogens is 388 g/mol. The van der Waals surface area contributed by atoms with E-state index in [0.717, 1.165) is 35.6 Å². The molecule has 1 saturated carbocycles.